The summed E-state index contributed by atoms with van der Waals surface area (Å²) >= 11 is 2.22. The molecule has 1 amide bonds. The van der Waals surface area contributed by atoms with Crippen molar-refractivity contribution in [1.82, 2.24) is 4.72 Å². The van der Waals surface area contributed by atoms with Gasteiger partial charge in [0.2, 0.25) is 15.9 Å². The summed E-state index contributed by atoms with van der Waals surface area (Å²) in [5.74, 6) is -0.0227. The van der Waals surface area contributed by atoms with Crippen LogP contribution in [-0.2, 0) is 14.8 Å². The number of benzene rings is 1. The molecule has 1 aromatic carbocycles. The van der Waals surface area contributed by atoms with E-state index in [1.165, 1.54) is 0 Å². The average Bonchev–Trinajstić information content (AvgIpc) is 2.49. The number of nitrogens with one attached hydrogen (secondary N) is 2. The van der Waals surface area contributed by atoms with Gasteiger partial charge in [-0.05, 0) is 86.4 Å². The van der Waals surface area contributed by atoms with Crippen molar-refractivity contribution < 1.29 is 13.2 Å². The summed E-state index contributed by atoms with van der Waals surface area (Å²) in [5, 5.41) is 2.51. The molecule has 0 atom stereocenters. The van der Waals surface area contributed by atoms with E-state index in [1.807, 2.05) is 24.3 Å². The van der Waals surface area contributed by atoms with Crippen LogP contribution in [0.4, 0.5) is 5.69 Å². The highest BCUT2D eigenvalue weighted by Crippen LogP contribution is 2.26. The van der Waals surface area contributed by atoms with Crippen LogP contribution in [0, 0.1) is 9.49 Å². The van der Waals surface area contributed by atoms with Crippen molar-refractivity contribution in [2.75, 3.05) is 5.32 Å². The Morgan fingerprint density at radius 3 is 2.22 bits per heavy atom. The largest absolute Gasteiger partial charge is 0.326 e. The molecule has 1 aliphatic rings. The first-order valence-electron chi connectivity index (χ1n) is 7.85. The summed E-state index contributed by atoms with van der Waals surface area (Å²) < 4.78 is 27.7. The van der Waals surface area contributed by atoms with Gasteiger partial charge in [0.25, 0.3) is 0 Å². The van der Waals surface area contributed by atoms with Gasteiger partial charge in [-0.3, -0.25) is 4.79 Å². The standard InChI is InChI=1S/C16H23IN2O3S/c1-11(2)23(21,22)19-15-7-3-12(4-8-15)16(20)18-14-9-5-13(17)6-10-14/h5-6,9-12,15,19H,3-4,7-8H2,1-2H3,(H,18,20). The second-order valence-corrected chi connectivity index (χ2v) is 9.77. The predicted octanol–water partition coefficient (Wildman–Crippen LogP) is 3.12. The van der Waals surface area contributed by atoms with Crippen LogP contribution >= 0.6 is 22.6 Å². The zero-order valence-electron chi connectivity index (χ0n) is 13.4. The van der Waals surface area contributed by atoms with E-state index in [4.69, 9.17) is 0 Å². The van der Waals surface area contributed by atoms with Crippen molar-refractivity contribution >= 4 is 44.2 Å². The fourth-order valence-electron chi connectivity index (χ4n) is 2.62. The molecule has 0 unspecified atom stereocenters. The van der Waals surface area contributed by atoms with Crippen molar-refractivity contribution in [3.8, 4) is 0 Å². The van der Waals surface area contributed by atoms with Crippen molar-refractivity contribution in [2.45, 2.75) is 50.8 Å². The van der Waals surface area contributed by atoms with Crippen LogP contribution in [0.2, 0.25) is 0 Å². The summed E-state index contributed by atoms with van der Waals surface area (Å²) in [7, 11) is -3.24. The summed E-state index contributed by atoms with van der Waals surface area (Å²) in [6.45, 7) is 3.34. The van der Waals surface area contributed by atoms with Crippen LogP contribution in [0.1, 0.15) is 39.5 Å². The van der Waals surface area contributed by atoms with E-state index in [1.54, 1.807) is 13.8 Å². The molecule has 1 fully saturated rings. The number of carbonyl (C=O) groups excluding carboxylic acids is 1. The van der Waals surface area contributed by atoms with E-state index in [2.05, 4.69) is 32.6 Å². The first kappa shape index (κ1) is 18.7. The topological polar surface area (TPSA) is 75.3 Å². The van der Waals surface area contributed by atoms with Crippen LogP contribution in [0.25, 0.3) is 0 Å². The zero-order chi connectivity index (χ0) is 17.0. The number of carbonyl (C=O) groups is 1. The van der Waals surface area contributed by atoms with Gasteiger partial charge in [-0.1, -0.05) is 0 Å². The van der Waals surface area contributed by atoms with Gasteiger partial charge in [0.1, 0.15) is 0 Å². The maximum absolute atomic E-state index is 12.3. The molecule has 5 nitrogen and oxygen atoms in total. The second kappa shape index (κ2) is 7.94. The van der Waals surface area contributed by atoms with Crippen molar-refractivity contribution in [3.63, 3.8) is 0 Å². The number of halogens is 1. The van der Waals surface area contributed by atoms with E-state index in [0.717, 1.165) is 9.26 Å². The number of rotatable bonds is 5. The minimum absolute atomic E-state index is 0.0244. The third kappa shape index (κ3) is 5.42. The van der Waals surface area contributed by atoms with E-state index >= 15 is 0 Å². The summed E-state index contributed by atoms with van der Waals surface area (Å²) in [5.41, 5.74) is 0.804. The van der Waals surface area contributed by atoms with Crippen LogP contribution in [0.5, 0.6) is 0 Å². The molecule has 0 heterocycles. The van der Waals surface area contributed by atoms with E-state index in [-0.39, 0.29) is 17.9 Å². The highest BCUT2D eigenvalue weighted by Gasteiger charge is 2.29. The van der Waals surface area contributed by atoms with Crippen LogP contribution in [0.15, 0.2) is 24.3 Å². The Labute approximate surface area is 151 Å². The Bertz CT molecular complexity index is 636. The minimum atomic E-state index is -3.24. The van der Waals surface area contributed by atoms with E-state index in [0.29, 0.717) is 25.7 Å². The molecular formula is C16H23IN2O3S. The van der Waals surface area contributed by atoms with Crippen molar-refractivity contribution in [1.29, 1.82) is 0 Å². The molecule has 0 spiro atoms. The lowest BCUT2D eigenvalue weighted by molar-refractivity contribution is -0.120. The second-order valence-electron chi connectivity index (χ2n) is 6.26. The Hall–Kier alpha value is -0.670. The average molecular weight is 450 g/mol. The van der Waals surface area contributed by atoms with Crippen molar-refractivity contribution in [2.24, 2.45) is 5.92 Å². The Kier molecular flexibility index (Phi) is 6.44. The molecule has 7 heteroatoms. The molecule has 0 aliphatic heterocycles. The predicted molar refractivity (Wildman–Crippen MR) is 101 cm³/mol. The molecule has 0 aromatic heterocycles. The monoisotopic (exact) mass is 450 g/mol. The van der Waals surface area contributed by atoms with Gasteiger partial charge in [0.15, 0.2) is 0 Å². The van der Waals surface area contributed by atoms with Gasteiger partial charge in [-0.15, -0.1) is 0 Å². The van der Waals surface area contributed by atoms with Gasteiger partial charge < -0.3 is 5.32 Å². The lowest BCUT2D eigenvalue weighted by atomic mass is 9.86. The Balaban J connectivity index is 1.84. The number of amides is 1. The molecular weight excluding hydrogens is 427 g/mol. The molecule has 0 saturated heterocycles. The maximum Gasteiger partial charge on any atom is 0.227 e. The third-order valence-corrected chi connectivity index (χ3v) is 6.78. The molecule has 1 aliphatic carbocycles. The first-order valence-corrected chi connectivity index (χ1v) is 10.5. The molecule has 2 rings (SSSR count). The number of hydrogen-bond donors (Lipinski definition) is 2. The fourth-order valence-corrected chi connectivity index (χ4v) is 3.95. The zero-order valence-corrected chi connectivity index (χ0v) is 16.4. The first-order chi connectivity index (χ1) is 10.8. The number of sulfonamides is 1. The van der Waals surface area contributed by atoms with Crippen molar-refractivity contribution in [3.05, 3.63) is 27.8 Å². The summed E-state index contributed by atoms with van der Waals surface area (Å²) in [4.78, 5) is 12.3. The number of anilines is 1. The smallest absolute Gasteiger partial charge is 0.227 e. The van der Waals surface area contributed by atoms with E-state index in [9.17, 15) is 13.2 Å². The SMILES string of the molecule is CC(C)S(=O)(=O)NC1CCC(C(=O)Nc2ccc(I)cc2)CC1. The molecule has 0 bridgehead atoms. The molecule has 0 radical (unpaired) electrons. The molecule has 23 heavy (non-hydrogen) atoms. The van der Waals surface area contributed by atoms with Crippen LogP contribution in [0.3, 0.4) is 0 Å². The highest BCUT2D eigenvalue weighted by molar-refractivity contribution is 14.1. The van der Waals surface area contributed by atoms with E-state index < -0.39 is 15.3 Å². The molecule has 128 valence electrons. The summed E-state index contributed by atoms with van der Waals surface area (Å²) in [6.07, 6.45) is 2.83. The van der Waals surface area contributed by atoms with Gasteiger partial charge in [-0.25, -0.2) is 13.1 Å². The van der Waals surface area contributed by atoms with Gasteiger partial charge in [0, 0.05) is 21.2 Å². The number of hydrogen-bond acceptors (Lipinski definition) is 3. The maximum atomic E-state index is 12.3. The molecule has 1 saturated carbocycles. The summed E-state index contributed by atoms with van der Waals surface area (Å²) in [6, 6.07) is 7.64. The molecule has 1 aromatic rings. The van der Waals surface area contributed by atoms with Gasteiger partial charge in [-0.2, -0.15) is 0 Å². The Morgan fingerprint density at radius 1 is 1.13 bits per heavy atom. The quantitative estimate of drug-likeness (QED) is 0.678. The fraction of sp³-hybridized carbons (Fsp3) is 0.562. The lowest BCUT2D eigenvalue weighted by Crippen LogP contribution is -2.42. The highest BCUT2D eigenvalue weighted by atomic mass is 127. The lowest BCUT2D eigenvalue weighted by Gasteiger charge is -2.28. The normalized spacial score (nSPS) is 22.1. The third-order valence-electron chi connectivity index (χ3n) is 4.16. The Morgan fingerprint density at radius 2 is 1.70 bits per heavy atom. The molecule has 2 N–H and O–H groups in total. The minimum Gasteiger partial charge on any atom is -0.326 e. The van der Waals surface area contributed by atoms with Crippen LogP contribution in [-0.4, -0.2) is 25.6 Å². The van der Waals surface area contributed by atoms with Gasteiger partial charge in [0.05, 0.1) is 5.25 Å². The van der Waals surface area contributed by atoms with Gasteiger partial charge >= 0.3 is 0 Å². The van der Waals surface area contributed by atoms with Crippen LogP contribution < -0.4 is 10.0 Å².